The van der Waals surface area contributed by atoms with E-state index in [1.807, 2.05) is 0 Å². The molecule has 0 rings (SSSR count). The first kappa shape index (κ1) is 30.5. The Morgan fingerprint density at radius 3 is 0.450 bits per heavy atom. The normalized spacial score (nSPS) is 6.60. The van der Waals surface area contributed by atoms with Crippen molar-refractivity contribution in [2.45, 2.75) is 0 Å². The average molecular weight is 375 g/mol. The molecule has 0 spiro atoms. The van der Waals surface area contributed by atoms with Gasteiger partial charge in [0, 0.05) is 0 Å². The monoisotopic (exact) mass is 375 g/mol. The summed E-state index contributed by atoms with van der Waals surface area (Å²) in [4.78, 5) is 53.6. The van der Waals surface area contributed by atoms with Crippen LogP contribution in [0, 0.1) is 0 Å². The summed E-state index contributed by atoms with van der Waals surface area (Å²) in [5, 5.41) is 53.6. The third-order valence-electron chi connectivity index (χ3n) is 0.500. The quantitative estimate of drug-likeness (QED) is 0.305. The van der Waals surface area contributed by atoms with E-state index >= 15 is 0 Å². The Morgan fingerprint density at radius 2 is 0.450 bits per heavy atom. The van der Waals surface area contributed by atoms with Crippen LogP contribution in [0.25, 0.3) is 0 Å². The Kier molecular flexibility index (Phi) is 25.2. The molecule has 0 radical (unpaired) electrons. The zero-order chi connectivity index (χ0) is 15.5. The van der Waals surface area contributed by atoms with Gasteiger partial charge in [-0.3, -0.25) is 0 Å². The van der Waals surface area contributed by atoms with Gasteiger partial charge in [-0.1, -0.05) is 0 Å². The van der Waals surface area contributed by atoms with Crippen molar-refractivity contribution >= 4 is 35.8 Å². The van der Waals surface area contributed by atoms with Gasteiger partial charge in [-0.25, -0.2) is 0 Å². The van der Waals surface area contributed by atoms with Crippen LogP contribution in [0.3, 0.4) is 0 Å². The van der Waals surface area contributed by atoms with Crippen LogP contribution in [-0.4, -0.2) is 35.8 Å². The predicted molar refractivity (Wildman–Crippen MR) is 36.0 cm³/mol. The van der Waals surface area contributed by atoms with Gasteiger partial charge in [0.2, 0.25) is 0 Å². The van der Waals surface area contributed by atoms with Gasteiger partial charge in [0.25, 0.3) is 0 Å². The summed E-state index contributed by atoms with van der Waals surface area (Å²) in [5.74, 6) is -13.1. The summed E-state index contributed by atoms with van der Waals surface area (Å²) < 4.78 is 0. The fraction of sp³-hybridized carbons (Fsp3) is 0. The standard InChI is InChI=1S/3C2H2O4.H3N.Nb/c3*3-1(4)2(5)6;;/h3*(H,3,4)(H,5,6);1H3;/q;;;;+5/p-5. The van der Waals surface area contributed by atoms with Gasteiger partial charge in [-0.15, -0.1) is 0 Å². The predicted octanol–water partition coefficient (Wildman–Crippen LogP) is -10.2. The molecule has 0 saturated heterocycles. The molecule has 0 atom stereocenters. The molecule has 0 saturated carbocycles. The Bertz CT molecular complexity index is 283. The Morgan fingerprint density at radius 1 is 0.400 bits per heavy atom. The van der Waals surface area contributed by atoms with Gasteiger partial charge in [-0.2, -0.15) is 0 Å². The van der Waals surface area contributed by atoms with E-state index < -0.39 is 35.8 Å². The number of quaternary nitrogens is 1. The maximum atomic E-state index is 8.93. The molecule has 0 aliphatic heterocycles. The van der Waals surface area contributed by atoms with Gasteiger partial charge < -0.3 is 65.6 Å². The first-order valence-electron chi connectivity index (χ1n) is 3.20. The van der Waals surface area contributed by atoms with E-state index in [9.17, 15) is 0 Å². The van der Waals surface area contributed by atoms with E-state index in [0.29, 0.717) is 0 Å². The molecule has 110 valence electrons. The van der Waals surface area contributed by atoms with E-state index in [-0.39, 0.29) is 28.5 Å². The zero-order valence-electron chi connectivity index (χ0n) is 9.35. The number of aliphatic carboxylic acids is 6. The van der Waals surface area contributed by atoms with E-state index in [1.54, 1.807) is 0 Å². The molecule has 0 amide bonds. The zero-order valence-corrected chi connectivity index (χ0v) is 11.5. The number of hydrogen-bond donors (Lipinski definition) is 1. The molecule has 0 aromatic heterocycles. The topological polar surface area (TPSA) is 277 Å². The summed E-state index contributed by atoms with van der Waals surface area (Å²) in [7, 11) is 0. The van der Waals surface area contributed by atoms with Crippen molar-refractivity contribution < 1.29 is 81.8 Å². The molecule has 0 aliphatic rings. The first-order valence-corrected chi connectivity index (χ1v) is 3.20. The maximum Gasteiger partial charge on any atom is 5.00 e. The molecular formula is C6H4NNbO12. The van der Waals surface area contributed by atoms with Gasteiger partial charge in [0.15, 0.2) is 0 Å². The third-order valence-corrected chi connectivity index (χ3v) is 0.500. The van der Waals surface area contributed by atoms with Gasteiger partial charge >= 0.3 is 22.4 Å². The molecule has 0 bridgehead atoms. The minimum absolute atomic E-state index is 0. The largest absolute Gasteiger partial charge is 5.00 e. The van der Waals surface area contributed by atoms with E-state index in [1.165, 1.54) is 0 Å². The molecule has 0 heterocycles. The van der Waals surface area contributed by atoms with E-state index in [0.717, 1.165) is 0 Å². The van der Waals surface area contributed by atoms with Crippen LogP contribution < -0.4 is 36.8 Å². The number of carbonyl (C=O) groups is 6. The molecule has 13 nitrogen and oxygen atoms in total. The minimum atomic E-state index is -2.19. The second kappa shape index (κ2) is 16.5. The summed E-state index contributed by atoms with van der Waals surface area (Å²) in [6.45, 7) is 0. The average Bonchev–Trinajstić information content (AvgIpc) is 2.18. The number of rotatable bonds is 0. The summed E-state index contributed by atoms with van der Waals surface area (Å²) in [6.07, 6.45) is 0. The molecule has 4 N–H and O–H groups in total. The van der Waals surface area contributed by atoms with Crippen molar-refractivity contribution in [2.75, 3.05) is 0 Å². The van der Waals surface area contributed by atoms with Gasteiger partial charge in [-0.05, 0) is 0 Å². The van der Waals surface area contributed by atoms with Crippen LogP contribution in [0.2, 0.25) is 0 Å². The SMILES string of the molecule is O=C([O-])C(=O)[O-].O=C([O-])C(=O)[O-].O=C([O-])C(=O)[O-].[NH4+].[Nb+5]. The molecule has 0 aliphatic carbocycles. The molecular weight excluding hydrogens is 371 g/mol. The fourth-order valence-electron chi connectivity index (χ4n) is 0. The number of hydrogen-bond acceptors (Lipinski definition) is 12. The van der Waals surface area contributed by atoms with Crippen LogP contribution in [0.1, 0.15) is 0 Å². The smallest absolute Gasteiger partial charge is 0.543 e. The second-order valence-electron chi connectivity index (χ2n) is 1.72. The van der Waals surface area contributed by atoms with Crippen LogP contribution in [0.4, 0.5) is 0 Å². The Hall–Kier alpha value is -2.48. The van der Waals surface area contributed by atoms with Crippen molar-refractivity contribution in [3.05, 3.63) is 0 Å². The van der Waals surface area contributed by atoms with Crippen LogP contribution in [-0.2, 0) is 51.1 Å². The molecule has 0 aromatic rings. The summed E-state index contributed by atoms with van der Waals surface area (Å²) in [6, 6.07) is 0. The first-order chi connectivity index (χ1) is 7.93. The summed E-state index contributed by atoms with van der Waals surface area (Å²) >= 11 is 0. The second-order valence-corrected chi connectivity index (χ2v) is 1.72. The maximum absolute atomic E-state index is 8.93. The van der Waals surface area contributed by atoms with Crippen molar-refractivity contribution in [1.29, 1.82) is 0 Å². The van der Waals surface area contributed by atoms with Crippen LogP contribution in [0.15, 0.2) is 0 Å². The molecule has 0 fully saturated rings. The molecule has 20 heavy (non-hydrogen) atoms. The number of carboxylic acids is 6. The van der Waals surface area contributed by atoms with Crippen molar-refractivity contribution in [1.82, 2.24) is 6.15 Å². The fourth-order valence-corrected chi connectivity index (χ4v) is 0. The Balaban J connectivity index is -0.0000000536. The van der Waals surface area contributed by atoms with Gasteiger partial charge in [0.05, 0.1) is 35.8 Å². The number of carbonyl (C=O) groups excluding carboxylic acids is 6. The van der Waals surface area contributed by atoms with Crippen LogP contribution in [0.5, 0.6) is 0 Å². The van der Waals surface area contributed by atoms with E-state index in [4.69, 9.17) is 59.4 Å². The molecule has 14 heteroatoms. The minimum Gasteiger partial charge on any atom is -0.543 e. The van der Waals surface area contributed by atoms with E-state index in [2.05, 4.69) is 0 Å². The van der Waals surface area contributed by atoms with Crippen molar-refractivity contribution in [3.8, 4) is 0 Å². The van der Waals surface area contributed by atoms with Crippen molar-refractivity contribution in [3.63, 3.8) is 0 Å². The van der Waals surface area contributed by atoms with Crippen molar-refractivity contribution in [2.24, 2.45) is 0 Å². The third kappa shape index (κ3) is 36.1. The van der Waals surface area contributed by atoms with Crippen LogP contribution >= 0.6 is 0 Å². The molecule has 0 unspecified atom stereocenters. The Labute approximate surface area is 124 Å². The molecule has 0 aromatic carbocycles. The number of carboxylic acid groups (broad SMARTS) is 6. The van der Waals surface area contributed by atoms with Gasteiger partial charge in [0.1, 0.15) is 0 Å². The summed E-state index contributed by atoms with van der Waals surface area (Å²) in [5.41, 5.74) is 0.